The predicted octanol–water partition coefficient (Wildman–Crippen LogP) is 1.25. The first-order chi connectivity index (χ1) is 9.60. The number of hydrogen-bond acceptors (Lipinski definition) is 4. The van der Waals surface area contributed by atoms with Gasteiger partial charge >= 0.3 is 0 Å². The summed E-state index contributed by atoms with van der Waals surface area (Å²) < 4.78 is 1.87. The van der Waals surface area contributed by atoms with E-state index in [9.17, 15) is 4.79 Å². The lowest BCUT2D eigenvalue weighted by molar-refractivity contribution is 0.0963. The fourth-order valence-electron chi connectivity index (χ4n) is 1.90. The molecule has 0 aliphatic carbocycles. The monoisotopic (exact) mass is 273 g/mol. The highest BCUT2D eigenvalue weighted by Gasteiger charge is 2.06. The van der Waals surface area contributed by atoms with Gasteiger partial charge in [0.15, 0.2) is 0 Å². The van der Waals surface area contributed by atoms with E-state index < -0.39 is 0 Å². The van der Waals surface area contributed by atoms with Crippen molar-refractivity contribution in [3.8, 4) is 0 Å². The van der Waals surface area contributed by atoms with Crippen molar-refractivity contribution in [3.63, 3.8) is 0 Å². The number of carbonyl (C=O) groups is 1. The molecule has 1 amide bonds. The van der Waals surface area contributed by atoms with Gasteiger partial charge in [-0.3, -0.25) is 9.48 Å². The molecule has 0 fully saturated rings. The van der Waals surface area contributed by atoms with Crippen LogP contribution in [-0.2, 0) is 6.54 Å². The standard InChI is InChI=1S/C14H19N5O/c1-10-8-18-19(9-10)6-5-17-13-4-3-11(7-12(13)15)14(20)16-2/h3-4,7-9,17H,5-6,15H2,1-2H3,(H,16,20). The second-order valence-electron chi connectivity index (χ2n) is 4.59. The third-order valence-corrected chi connectivity index (χ3v) is 2.96. The van der Waals surface area contributed by atoms with Crippen LogP contribution in [0.5, 0.6) is 0 Å². The quantitative estimate of drug-likeness (QED) is 0.716. The van der Waals surface area contributed by atoms with Crippen molar-refractivity contribution in [2.24, 2.45) is 0 Å². The van der Waals surface area contributed by atoms with Crippen molar-refractivity contribution in [3.05, 3.63) is 41.7 Å². The first-order valence-electron chi connectivity index (χ1n) is 6.44. The van der Waals surface area contributed by atoms with E-state index >= 15 is 0 Å². The van der Waals surface area contributed by atoms with Gasteiger partial charge in [0.25, 0.3) is 5.91 Å². The molecular weight excluding hydrogens is 254 g/mol. The number of nitrogen functional groups attached to an aromatic ring is 1. The molecule has 6 nitrogen and oxygen atoms in total. The molecule has 1 heterocycles. The van der Waals surface area contributed by atoms with Crippen molar-refractivity contribution < 1.29 is 4.79 Å². The predicted molar refractivity (Wildman–Crippen MR) is 79.7 cm³/mol. The number of aromatic nitrogens is 2. The fourth-order valence-corrected chi connectivity index (χ4v) is 1.90. The van der Waals surface area contributed by atoms with Gasteiger partial charge in [-0.25, -0.2) is 0 Å². The Bertz CT molecular complexity index is 605. The van der Waals surface area contributed by atoms with Crippen LogP contribution in [0.1, 0.15) is 15.9 Å². The van der Waals surface area contributed by atoms with E-state index in [-0.39, 0.29) is 5.91 Å². The second kappa shape index (κ2) is 6.10. The number of aryl methyl sites for hydroxylation is 1. The van der Waals surface area contributed by atoms with E-state index in [0.717, 1.165) is 17.8 Å². The van der Waals surface area contributed by atoms with Gasteiger partial charge < -0.3 is 16.4 Å². The topological polar surface area (TPSA) is 85.0 Å². The van der Waals surface area contributed by atoms with Gasteiger partial charge in [0.1, 0.15) is 0 Å². The molecule has 0 unspecified atom stereocenters. The van der Waals surface area contributed by atoms with E-state index in [0.29, 0.717) is 17.8 Å². The Labute approximate surface area is 118 Å². The molecule has 2 rings (SSSR count). The SMILES string of the molecule is CNC(=O)c1ccc(NCCn2cc(C)cn2)c(N)c1. The van der Waals surface area contributed by atoms with Gasteiger partial charge in [-0.05, 0) is 30.7 Å². The Balaban J connectivity index is 1.94. The molecule has 0 saturated carbocycles. The van der Waals surface area contributed by atoms with Gasteiger partial charge in [0.2, 0.25) is 0 Å². The molecule has 1 aromatic heterocycles. The van der Waals surface area contributed by atoms with Crippen molar-refractivity contribution in [2.45, 2.75) is 13.5 Å². The lowest BCUT2D eigenvalue weighted by atomic mass is 10.1. The number of carbonyl (C=O) groups excluding carboxylic acids is 1. The lowest BCUT2D eigenvalue weighted by Gasteiger charge is -2.10. The van der Waals surface area contributed by atoms with Crippen LogP contribution in [0.3, 0.4) is 0 Å². The van der Waals surface area contributed by atoms with Crippen molar-refractivity contribution >= 4 is 17.3 Å². The number of nitrogens with zero attached hydrogens (tertiary/aromatic N) is 2. The maximum absolute atomic E-state index is 11.5. The molecule has 2 aromatic rings. The maximum atomic E-state index is 11.5. The Morgan fingerprint density at radius 2 is 2.25 bits per heavy atom. The smallest absolute Gasteiger partial charge is 0.251 e. The molecule has 6 heteroatoms. The molecule has 0 spiro atoms. The Kier molecular flexibility index (Phi) is 4.24. The van der Waals surface area contributed by atoms with Gasteiger partial charge in [-0.15, -0.1) is 0 Å². The summed E-state index contributed by atoms with van der Waals surface area (Å²) in [5.41, 5.74) is 9.00. The number of rotatable bonds is 5. The zero-order valence-corrected chi connectivity index (χ0v) is 11.7. The van der Waals surface area contributed by atoms with Crippen LogP contribution in [-0.4, -0.2) is 29.3 Å². The van der Waals surface area contributed by atoms with Crippen LogP contribution < -0.4 is 16.4 Å². The highest BCUT2D eigenvalue weighted by atomic mass is 16.1. The summed E-state index contributed by atoms with van der Waals surface area (Å²) >= 11 is 0. The van der Waals surface area contributed by atoms with Gasteiger partial charge in [-0.2, -0.15) is 5.10 Å². The summed E-state index contributed by atoms with van der Waals surface area (Å²) in [6.07, 6.45) is 3.81. The average Bonchev–Trinajstić information content (AvgIpc) is 2.85. The molecule has 20 heavy (non-hydrogen) atoms. The van der Waals surface area contributed by atoms with E-state index in [1.54, 1.807) is 19.2 Å². The largest absolute Gasteiger partial charge is 0.397 e. The summed E-state index contributed by atoms with van der Waals surface area (Å²) in [4.78, 5) is 11.5. The summed E-state index contributed by atoms with van der Waals surface area (Å²) in [5.74, 6) is -0.143. The Morgan fingerprint density at radius 3 is 2.85 bits per heavy atom. The number of hydrogen-bond donors (Lipinski definition) is 3. The normalized spacial score (nSPS) is 10.3. The van der Waals surface area contributed by atoms with Gasteiger partial charge in [0, 0.05) is 25.4 Å². The Morgan fingerprint density at radius 1 is 1.45 bits per heavy atom. The molecule has 1 aromatic carbocycles. The minimum absolute atomic E-state index is 0.143. The summed E-state index contributed by atoms with van der Waals surface area (Å²) in [5, 5.41) is 10.0. The lowest BCUT2D eigenvalue weighted by Crippen LogP contribution is -2.18. The molecule has 106 valence electrons. The van der Waals surface area contributed by atoms with Crippen molar-refractivity contribution in [2.75, 3.05) is 24.6 Å². The number of amides is 1. The number of benzene rings is 1. The van der Waals surface area contributed by atoms with Crippen LogP contribution >= 0.6 is 0 Å². The molecule has 0 aliphatic heterocycles. The van der Waals surface area contributed by atoms with Crippen LogP contribution in [0.15, 0.2) is 30.6 Å². The van der Waals surface area contributed by atoms with Crippen molar-refractivity contribution in [1.82, 2.24) is 15.1 Å². The van der Waals surface area contributed by atoms with Crippen LogP contribution in [0, 0.1) is 6.92 Å². The molecule has 0 bridgehead atoms. The summed E-state index contributed by atoms with van der Waals surface area (Å²) in [6.45, 7) is 3.47. The van der Waals surface area contributed by atoms with Crippen LogP contribution in [0.4, 0.5) is 11.4 Å². The summed E-state index contributed by atoms with van der Waals surface area (Å²) in [7, 11) is 1.59. The minimum atomic E-state index is -0.143. The van der Waals surface area contributed by atoms with Gasteiger partial charge in [0.05, 0.1) is 24.1 Å². The molecule has 0 atom stereocenters. The average molecular weight is 273 g/mol. The number of anilines is 2. The van der Waals surface area contributed by atoms with E-state index in [2.05, 4.69) is 15.7 Å². The van der Waals surface area contributed by atoms with Crippen LogP contribution in [0.25, 0.3) is 0 Å². The minimum Gasteiger partial charge on any atom is -0.397 e. The first kappa shape index (κ1) is 13.9. The van der Waals surface area contributed by atoms with Crippen LogP contribution in [0.2, 0.25) is 0 Å². The fraction of sp³-hybridized carbons (Fsp3) is 0.286. The highest BCUT2D eigenvalue weighted by molar-refractivity contribution is 5.95. The zero-order chi connectivity index (χ0) is 14.5. The Hall–Kier alpha value is -2.50. The molecular formula is C14H19N5O. The highest BCUT2D eigenvalue weighted by Crippen LogP contribution is 2.19. The van der Waals surface area contributed by atoms with Gasteiger partial charge in [-0.1, -0.05) is 0 Å². The number of nitrogens with two attached hydrogens (primary N) is 1. The molecule has 0 radical (unpaired) electrons. The third-order valence-electron chi connectivity index (χ3n) is 2.96. The molecule has 0 saturated heterocycles. The molecule has 0 aliphatic rings. The van der Waals surface area contributed by atoms with E-state index in [1.807, 2.05) is 30.1 Å². The maximum Gasteiger partial charge on any atom is 0.251 e. The zero-order valence-electron chi connectivity index (χ0n) is 11.7. The first-order valence-corrected chi connectivity index (χ1v) is 6.44. The summed E-state index contributed by atoms with van der Waals surface area (Å²) in [6, 6.07) is 5.23. The second-order valence-corrected chi connectivity index (χ2v) is 4.59. The van der Waals surface area contributed by atoms with Crippen molar-refractivity contribution in [1.29, 1.82) is 0 Å². The molecule has 4 N–H and O–H groups in total. The number of nitrogens with one attached hydrogen (secondary N) is 2. The van der Waals surface area contributed by atoms with E-state index in [4.69, 9.17) is 5.73 Å². The van der Waals surface area contributed by atoms with E-state index in [1.165, 1.54) is 0 Å². The third kappa shape index (κ3) is 3.28.